The molecule has 1 fully saturated rings. The summed E-state index contributed by atoms with van der Waals surface area (Å²) in [6.07, 6.45) is -5.66. The predicted octanol–water partition coefficient (Wildman–Crippen LogP) is 1.17. The lowest BCUT2D eigenvalue weighted by Crippen LogP contribution is -2.47. The molecule has 2 rings (SSSR count). The van der Waals surface area contributed by atoms with E-state index in [9.17, 15) is 31.2 Å². The van der Waals surface area contributed by atoms with E-state index in [1.165, 1.54) is 24.3 Å². The van der Waals surface area contributed by atoms with Gasteiger partial charge in [-0.05, 0) is 18.6 Å². The second-order valence-corrected chi connectivity index (χ2v) is 7.44. The van der Waals surface area contributed by atoms with Gasteiger partial charge in [-0.2, -0.15) is 13.2 Å². The average Bonchev–Trinajstić information content (AvgIpc) is 2.99. The van der Waals surface area contributed by atoms with Crippen molar-refractivity contribution in [3.05, 3.63) is 30.3 Å². The standard InChI is InChI=1S/C14H14F3NO5S/c1-23-12(19)11-7-10(8-18(11)13(20)14(15,16)17)24(21,22)9-5-3-2-4-6-9/h2-6,10-11H,7-8H2,1H3/t10-,11+/m1/s1. The summed E-state index contributed by atoms with van der Waals surface area (Å²) in [6, 6.07) is 5.54. The van der Waals surface area contributed by atoms with E-state index in [2.05, 4.69) is 4.74 Å². The lowest BCUT2D eigenvalue weighted by molar-refractivity contribution is -0.188. The van der Waals surface area contributed by atoms with E-state index in [-0.39, 0.29) is 9.80 Å². The van der Waals surface area contributed by atoms with E-state index in [1.54, 1.807) is 6.07 Å². The molecule has 24 heavy (non-hydrogen) atoms. The topological polar surface area (TPSA) is 80.8 Å². The van der Waals surface area contributed by atoms with Crippen molar-refractivity contribution in [2.45, 2.75) is 28.8 Å². The van der Waals surface area contributed by atoms with Crippen LogP contribution in [0.25, 0.3) is 0 Å². The van der Waals surface area contributed by atoms with Gasteiger partial charge in [0.15, 0.2) is 9.84 Å². The van der Waals surface area contributed by atoms with Crippen molar-refractivity contribution < 1.29 is 35.9 Å². The maximum Gasteiger partial charge on any atom is 0.471 e. The molecule has 1 aromatic rings. The Hall–Kier alpha value is -2.10. The first-order valence-electron chi connectivity index (χ1n) is 6.83. The molecular formula is C14H14F3NO5S. The molecule has 0 aromatic heterocycles. The molecule has 0 aliphatic carbocycles. The molecule has 2 atom stereocenters. The number of amides is 1. The Morgan fingerprint density at radius 2 is 1.79 bits per heavy atom. The highest BCUT2D eigenvalue weighted by Crippen LogP contribution is 2.31. The lowest BCUT2D eigenvalue weighted by Gasteiger charge is -2.23. The lowest BCUT2D eigenvalue weighted by atomic mass is 10.2. The summed E-state index contributed by atoms with van der Waals surface area (Å²) in [7, 11) is -3.04. The van der Waals surface area contributed by atoms with Gasteiger partial charge in [-0.1, -0.05) is 18.2 Å². The number of halogens is 3. The molecule has 0 N–H and O–H groups in total. The highest BCUT2D eigenvalue weighted by molar-refractivity contribution is 7.92. The summed E-state index contributed by atoms with van der Waals surface area (Å²) in [5, 5.41) is -1.32. The Morgan fingerprint density at radius 3 is 2.29 bits per heavy atom. The van der Waals surface area contributed by atoms with Gasteiger partial charge in [0.05, 0.1) is 17.3 Å². The third kappa shape index (κ3) is 3.37. The van der Waals surface area contributed by atoms with E-state index < -0.39 is 52.1 Å². The van der Waals surface area contributed by atoms with Crippen LogP contribution in [0, 0.1) is 0 Å². The van der Waals surface area contributed by atoms with E-state index >= 15 is 0 Å². The highest BCUT2D eigenvalue weighted by atomic mass is 32.2. The number of rotatable bonds is 3. The summed E-state index contributed by atoms with van der Waals surface area (Å²) in [5.41, 5.74) is 0. The molecule has 1 aliphatic rings. The summed E-state index contributed by atoms with van der Waals surface area (Å²) < 4.78 is 67.6. The monoisotopic (exact) mass is 365 g/mol. The number of likely N-dealkylation sites (tertiary alicyclic amines) is 1. The molecular weight excluding hydrogens is 351 g/mol. The fraction of sp³-hybridized carbons (Fsp3) is 0.429. The third-order valence-electron chi connectivity index (χ3n) is 3.75. The first-order valence-corrected chi connectivity index (χ1v) is 8.38. The summed E-state index contributed by atoms with van der Waals surface area (Å²) in [4.78, 5) is 23.3. The van der Waals surface area contributed by atoms with Crippen molar-refractivity contribution >= 4 is 21.7 Å². The van der Waals surface area contributed by atoms with Gasteiger partial charge >= 0.3 is 18.1 Å². The van der Waals surface area contributed by atoms with Gasteiger partial charge in [0.1, 0.15) is 6.04 Å². The predicted molar refractivity (Wildman–Crippen MR) is 75.6 cm³/mol. The fourth-order valence-corrected chi connectivity index (χ4v) is 4.29. The fourth-order valence-electron chi connectivity index (χ4n) is 2.57. The number of hydrogen-bond acceptors (Lipinski definition) is 5. The van der Waals surface area contributed by atoms with Crippen LogP contribution in [-0.4, -0.2) is 56.3 Å². The van der Waals surface area contributed by atoms with Crippen LogP contribution in [0.1, 0.15) is 6.42 Å². The second-order valence-electron chi connectivity index (χ2n) is 5.21. The first kappa shape index (κ1) is 18.2. The zero-order valence-corrected chi connectivity index (χ0v) is 13.3. The number of hydrogen-bond donors (Lipinski definition) is 0. The average molecular weight is 365 g/mol. The minimum atomic E-state index is -5.21. The SMILES string of the molecule is COC(=O)[C@@H]1C[C@@H](S(=O)(=O)c2ccccc2)CN1C(=O)C(F)(F)F. The number of carbonyl (C=O) groups excluding carboxylic acids is 2. The largest absolute Gasteiger partial charge is 0.471 e. The number of carbonyl (C=O) groups is 2. The molecule has 0 radical (unpaired) electrons. The Balaban J connectivity index is 2.36. The molecule has 1 heterocycles. The Labute approximate surface area is 136 Å². The van der Waals surface area contributed by atoms with Gasteiger partial charge in [-0.25, -0.2) is 13.2 Å². The molecule has 1 amide bonds. The van der Waals surface area contributed by atoms with Crippen LogP contribution >= 0.6 is 0 Å². The normalized spacial score (nSPS) is 21.6. The van der Waals surface area contributed by atoms with Crippen molar-refractivity contribution in [2.24, 2.45) is 0 Å². The van der Waals surface area contributed by atoms with E-state index in [4.69, 9.17) is 0 Å². The number of nitrogens with zero attached hydrogens (tertiary/aromatic N) is 1. The molecule has 0 spiro atoms. The van der Waals surface area contributed by atoms with Gasteiger partial charge in [-0.15, -0.1) is 0 Å². The Morgan fingerprint density at radius 1 is 1.21 bits per heavy atom. The molecule has 0 saturated carbocycles. The third-order valence-corrected chi connectivity index (χ3v) is 5.90. The van der Waals surface area contributed by atoms with Gasteiger partial charge in [0.2, 0.25) is 0 Å². The van der Waals surface area contributed by atoms with E-state index in [0.29, 0.717) is 0 Å². The van der Waals surface area contributed by atoms with Crippen LogP contribution in [0.5, 0.6) is 0 Å². The number of methoxy groups -OCH3 is 1. The van der Waals surface area contributed by atoms with Crippen molar-refractivity contribution in [3.8, 4) is 0 Å². The maximum atomic E-state index is 12.7. The molecule has 0 unspecified atom stereocenters. The molecule has 1 aromatic carbocycles. The van der Waals surface area contributed by atoms with Crippen LogP contribution in [0.3, 0.4) is 0 Å². The van der Waals surface area contributed by atoms with Gasteiger partial charge in [-0.3, -0.25) is 4.79 Å². The van der Waals surface area contributed by atoms with Gasteiger partial charge in [0.25, 0.3) is 0 Å². The number of sulfone groups is 1. The number of benzene rings is 1. The molecule has 0 bridgehead atoms. The minimum absolute atomic E-state index is 0.0834. The van der Waals surface area contributed by atoms with Crippen molar-refractivity contribution in [1.82, 2.24) is 4.90 Å². The Kier molecular flexibility index (Phi) is 4.88. The van der Waals surface area contributed by atoms with Crippen molar-refractivity contribution in [2.75, 3.05) is 13.7 Å². The second kappa shape index (κ2) is 6.42. The first-order chi connectivity index (χ1) is 11.1. The zero-order valence-electron chi connectivity index (χ0n) is 12.5. The van der Waals surface area contributed by atoms with Crippen molar-refractivity contribution in [1.29, 1.82) is 0 Å². The molecule has 10 heteroatoms. The van der Waals surface area contributed by atoms with E-state index in [1.807, 2.05) is 0 Å². The van der Waals surface area contributed by atoms with Crippen LogP contribution in [0.4, 0.5) is 13.2 Å². The number of alkyl halides is 3. The van der Waals surface area contributed by atoms with Crippen LogP contribution in [0.2, 0.25) is 0 Å². The highest BCUT2D eigenvalue weighted by Gasteiger charge is 2.52. The number of esters is 1. The molecule has 6 nitrogen and oxygen atoms in total. The number of ether oxygens (including phenoxy) is 1. The van der Waals surface area contributed by atoms with Crippen molar-refractivity contribution in [3.63, 3.8) is 0 Å². The molecule has 132 valence electrons. The smallest absolute Gasteiger partial charge is 0.467 e. The quantitative estimate of drug-likeness (QED) is 0.751. The van der Waals surface area contributed by atoms with Crippen LogP contribution in [-0.2, 0) is 24.2 Å². The summed E-state index contributed by atoms with van der Waals surface area (Å²) >= 11 is 0. The zero-order chi connectivity index (χ0) is 18.1. The molecule has 1 aliphatic heterocycles. The summed E-state index contributed by atoms with van der Waals surface area (Å²) in [5.74, 6) is -3.35. The van der Waals surface area contributed by atoms with Crippen LogP contribution in [0.15, 0.2) is 35.2 Å². The van der Waals surface area contributed by atoms with Gasteiger partial charge in [0, 0.05) is 6.54 Å². The Bertz CT molecular complexity index is 733. The minimum Gasteiger partial charge on any atom is -0.467 e. The summed E-state index contributed by atoms with van der Waals surface area (Å²) in [6.45, 7) is -0.727. The van der Waals surface area contributed by atoms with Gasteiger partial charge < -0.3 is 9.64 Å². The maximum absolute atomic E-state index is 12.7. The van der Waals surface area contributed by atoms with Crippen LogP contribution < -0.4 is 0 Å². The van der Waals surface area contributed by atoms with E-state index in [0.717, 1.165) is 7.11 Å². The molecule has 1 saturated heterocycles.